The first-order chi connectivity index (χ1) is 10.1. The highest BCUT2D eigenvalue weighted by atomic mass is 32.2. The van der Waals surface area contributed by atoms with Crippen molar-refractivity contribution in [1.82, 2.24) is 0 Å². The van der Waals surface area contributed by atoms with Gasteiger partial charge >= 0.3 is 0 Å². The van der Waals surface area contributed by atoms with E-state index in [1.807, 2.05) is 37.4 Å². The van der Waals surface area contributed by atoms with Crippen LogP contribution in [0.15, 0.2) is 58.3 Å². The molecule has 2 N–H and O–H groups in total. The Balaban J connectivity index is 2.34. The standard InChI is InChI=1S/C15H18N2O2S2/c1-3-16-14-9-4-5-10-15(14)21(18,19)17-12-7-6-8-13(11-12)20-2/h4-11,16-17H,3H2,1-2H3. The Kier molecular flexibility index (Phi) is 5.14. The average Bonchev–Trinajstić information content (AvgIpc) is 2.48. The second-order valence-electron chi connectivity index (χ2n) is 4.36. The topological polar surface area (TPSA) is 58.2 Å². The van der Waals surface area contributed by atoms with Gasteiger partial charge in [0.05, 0.1) is 5.69 Å². The summed E-state index contributed by atoms with van der Waals surface area (Å²) in [5, 5.41) is 3.07. The SMILES string of the molecule is CCNc1ccccc1S(=O)(=O)Nc1cccc(SC)c1. The van der Waals surface area contributed by atoms with Crippen LogP contribution in [0, 0.1) is 0 Å². The molecule has 0 fully saturated rings. The molecule has 0 bridgehead atoms. The van der Waals surface area contributed by atoms with Gasteiger partial charge in [-0.1, -0.05) is 18.2 Å². The first-order valence-electron chi connectivity index (χ1n) is 6.56. The summed E-state index contributed by atoms with van der Waals surface area (Å²) in [6.07, 6.45) is 1.95. The molecule has 6 heteroatoms. The highest BCUT2D eigenvalue weighted by molar-refractivity contribution is 7.98. The van der Waals surface area contributed by atoms with E-state index in [0.29, 0.717) is 17.9 Å². The van der Waals surface area contributed by atoms with Crippen LogP contribution in [0.1, 0.15) is 6.92 Å². The van der Waals surface area contributed by atoms with Gasteiger partial charge in [0.1, 0.15) is 4.90 Å². The van der Waals surface area contributed by atoms with Crippen LogP contribution in [0.5, 0.6) is 0 Å². The van der Waals surface area contributed by atoms with E-state index in [0.717, 1.165) is 4.90 Å². The number of sulfonamides is 1. The highest BCUT2D eigenvalue weighted by Gasteiger charge is 2.18. The Morgan fingerprint density at radius 1 is 1.10 bits per heavy atom. The molecule has 0 unspecified atom stereocenters. The monoisotopic (exact) mass is 322 g/mol. The van der Waals surface area contributed by atoms with Gasteiger partial charge in [-0.3, -0.25) is 4.72 Å². The lowest BCUT2D eigenvalue weighted by Gasteiger charge is -2.13. The maximum absolute atomic E-state index is 12.5. The number of nitrogens with one attached hydrogen (secondary N) is 2. The van der Waals surface area contributed by atoms with Crippen LogP contribution in [-0.4, -0.2) is 21.2 Å². The normalized spacial score (nSPS) is 11.1. The van der Waals surface area contributed by atoms with Crippen LogP contribution in [0.25, 0.3) is 0 Å². The van der Waals surface area contributed by atoms with Gasteiger partial charge in [0.2, 0.25) is 0 Å². The molecule has 2 aromatic carbocycles. The Morgan fingerprint density at radius 2 is 1.86 bits per heavy atom. The van der Waals surface area contributed by atoms with E-state index in [-0.39, 0.29) is 4.90 Å². The third kappa shape index (κ3) is 3.92. The van der Waals surface area contributed by atoms with E-state index in [1.54, 1.807) is 36.0 Å². The molecule has 2 rings (SSSR count). The van der Waals surface area contributed by atoms with E-state index < -0.39 is 10.0 Å². The number of hydrogen-bond acceptors (Lipinski definition) is 4. The van der Waals surface area contributed by atoms with Crippen molar-refractivity contribution in [3.63, 3.8) is 0 Å². The van der Waals surface area contributed by atoms with Crippen molar-refractivity contribution >= 4 is 33.2 Å². The summed E-state index contributed by atoms with van der Waals surface area (Å²) >= 11 is 1.57. The fourth-order valence-corrected chi connectivity index (χ4v) is 3.63. The first-order valence-corrected chi connectivity index (χ1v) is 9.27. The molecule has 21 heavy (non-hydrogen) atoms. The van der Waals surface area contributed by atoms with Crippen LogP contribution >= 0.6 is 11.8 Å². The Morgan fingerprint density at radius 3 is 2.57 bits per heavy atom. The molecule has 0 aromatic heterocycles. The molecule has 0 saturated heterocycles. The highest BCUT2D eigenvalue weighted by Crippen LogP contribution is 2.25. The molecule has 0 aliphatic heterocycles. The molecule has 0 aliphatic carbocycles. The maximum atomic E-state index is 12.5. The van der Waals surface area contributed by atoms with Gasteiger partial charge in [-0.05, 0) is 43.5 Å². The number of anilines is 2. The average molecular weight is 322 g/mol. The third-order valence-corrected chi connectivity index (χ3v) is 5.03. The Bertz CT molecular complexity index is 715. The fraction of sp³-hybridized carbons (Fsp3) is 0.200. The van der Waals surface area contributed by atoms with Crippen LogP contribution in [0.4, 0.5) is 11.4 Å². The summed E-state index contributed by atoms with van der Waals surface area (Å²) in [6.45, 7) is 2.59. The third-order valence-electron chi connectivity index (χ3n) is 2.87. The molecule has 4 nitrogen and oxygen atoms in total. The van der Waals surface area contributed by atoms with E-state index in [4.69, 9.17) is 0 Å². The molecule has 0 atom stereocenters. The maximum Gasteiger partial charge on any atom is 0.263 e. The van der Waals surface area contributed by atoms with Crippen molar-refractivity contribution in [2.75, 3.05) is 22.8 Å². The zero-order valence-electron chi connectivity index (χ0n) is 12.0. The van der Waals surface area contributed by atoms with Gasteiger partial charge in [0, 0.05) is 17.1 Å². The molecule has 0 amide bonds. The number of thioether (sulfide) groups is 1. The predicted octanol–water partition coefficient (Wildman–Crippen LogP) is 3.64. The Labute approximate surface area is 130 Å². The minimum atomic E-state index is -3.61. The Hall–Kier alpha value is -1.66. The summed E-state index contributed by atoms with van der Waals surface area (Å²) in [5.74, 6) is 0. The lowest BCUT2D eigenvalue weighted by atomic mass is 10.3. The second-order valence-corrected chi connectivity index (χ2v) is 6.89. The molecular weight excluding hydrogens is 304 g/mol. The largest absolute Gasteiger partial charge is 0.384 e. The van der Waals surface area contributed by atoms with Crippen molar-refractivity contribution in [3.05, 3.63) is 48.5 Å². The summed E-state index contributed by atoms with van der Waals surface area (Å²) in [5.41, 5.74) is 1.17. The summed E-state index contributed by atoms with van der Waals surface area (Å²) < 4.78 is 27.7. The van der Waals surface area contributed by atoms with Crippen LogP contribution in [-0.2, 0) is 10.0 Å². The number of benzene rings is 2. The molecule has 0 heterocycles. The van der Waals surface area contributed by atoms with Gasteiger partial charge < -0.3 is 5.32 Å². The molecule has 2 aromatic rings. The minimum absolute atomic E-state index is 0.251. The van der Waals surface area contributed by atoms with E-state index >= 15 is 0 Å². The number of hydrogen-bond donors (Lipinski definition) is 2. The number of para-hydroxylation sites is 1. The van der Waals surface area contributed by atoms with Gasteiger partial charge in [0.25, 0.3) is 10.0 Å². The first kappa shape index (κ1) is 15.7. The zero-order chi connectivity index (χ0) is 15.3. The van der Waals surface area contributed by atoms with Gasteiger partial charge in [-0.25, -0.2) is 8.42 Å². The number of rotatable bonds is 6. The van der Waals surface area contributed by atoms with Crippen LogP contribution in [0.3, 0.4) is 0 Å². The van der Waals surface area contributed by atoms with Gasteiger partial charge in [-0.2, -0.15) is 0 Å². The molecular formula is C15H18N2O2S2. The van der Waals surface area contributed by atoms with Crippen LogP contribution in [0.2, 0.25) is 0 Å². The van der Waals surface area contributed by atoms with E-state index in [1.165, 1.54) is 0 Å². The fourth-order valence-electron chi connectivity index (χ4n) is 1.93. The predicted molar refractivity (Wildman–Crippen MR) is 89.6 cm³/mol. The lowest BCUT2D eigenvalue weighted by Crippen LogP contribution is -2.15. The van der Waals surface area contributed by atoms with Crippen LogP contribution < -0.4 is 10.0 Å². The summed E-state index contributed by atoms with van der Waals surface area (Å²) in [4.78, 5) is 1.26. The summed E-state index contributed by atoms with van der Waals surface area (Å²) in [6, 6.07) is 14.2. The van der Waals surface area contributed by atoms with Crippen molar-refractivity contribution in [2.45, 2.75) is 16.7 Å². The van der Waals surface area contributed by atoms with Crippen molar-refractivity contribution < 1.29 is 8.42 Å². The van der Waals surface area contributed by atoms with Crippen molar-refractivity contribution in [2.24, 2.45) is 0 Å². The zero-order valence-corrected chi connectivity index (χ0v) is 13.6. The molecule has 0 aliphatic rings. The van der Waals surface area contributed by atoms with Gasteiger partial charge in [-0.15, -0.1) is 11.8 Å². The van der Waals surface area contributed by atoms with E-state index in [2.05, 4.69) is 10.0 Å². The van der Waals surface area contributed by atoms with Crippen molar-refractivity contribution in [3.8, 4) is 0 Å². The summed E-state index contributed by atoms with van der Waals surface area (Å²) in [7, 11) is -3.61. The lowest BCUT2D eigenvalue weighted by molar-refractivity contribution is 0.601. The molecule has 0 spiro atoms. The van der Waals surface area contributed by atoms with Gasteiger partial charge in [0.15, 0.2) is 0 Å². The quantitative estimate of drug-likeness (QED) is 0.797. The molecule has 112 valence electrons. The second kappa shape index (κ2) is 6.87. The van der Waals surface area contributed by atoms with Crippen molar-refractivity contribution in [1.29, 1.82) is 0 Å². The smallest absolute Gasteiger partial charge is 0.263 e. The molecule has 0 radical (unpaired) electrons. The molecule has 0 saturated carbocycles. The minimum Gasteiger partial charge on any atom is -0.384 e. The van der Waals surface area contributed by atoms with E-state index in [9.17, 15) is 8.42 Å².